The highest BCUT2D eigenvalue weighted by atomic mass is 15.2. The normalized spacial score (nSPS) is 23.5. The van der Waals surface area contributed by atoms with Crippen LogP contribution in [0.2, 0.25) is 0 Å². The minimum absolute atomic E-state index is 0.620. The Balaban J connectivity index is 1.60. The third-order valence-electron chi connectivity index (χ3n) is 3.10. The van der Waals surface area contributed by atoms with Crippen molar-refractivity contribution < 1.29 is 0 Å². The molecule has 5 heteroatoms. The number of aromatic nitrogens is 2. The van der Waals surface area contributed by atoms with E-state index in [-0.39, 0.29) is 0 Å². The molecule has 2 atom stereocenters. The van der Waals surface area contributed by atoms with Crippen LogP contribution in [0.1, 0.15) is 19.8 Å². The molecule has 1 aliphatic rings. The second kappa shape index (κ2) is 5.70. The van der Waals surface area contributed by atoms with Crippen molar-refractivity contribution in [3.63, 3.8) is 0 Å². The Labute approximate surface area is 102 Å². The number of nitrogens with zero attached hydrogens (tertiary/aromatic N) is 3. The summed E-state index contributed by atoms with van der Waals surface area (Å²) in [6, 6.07) is 0.620. The minimum Gasteiger partial charge on any atom is -0.356 e. The summed E-state index contributed by atoms with van der Waals surface area (Å²) in [5.41, 5.74) is 0. The van der Waals surface area contributed by atoms with Gasteiger partial charge in [-0.15, -0.1) is 0 Å². The maximum absolute atomic E-state index is 4.21. The van der Waals surface area contributed by atoms with Crippen LogP contribution in [-0.2, 0) is 6.54 Å². The second-order valence-electron chi connectivity index (χ2n) is 4.62. The average Bonchev–Trinajstić information content (AvgIpc) is 2.83. The SMILES string of the molecule is CN=C(NCCCn1ccnc1)NC1CC1C. The Morgan fingerprint density at radius 2 is 2.41 bits per heavy atom. The van der Waals surface area contributed by atoms with Crippen LogP contribution in [0.4, 0.5) is 0 Å². The third-order valence-corrected chi connectivity index (χ3v) is 3.10. The predicted molar refractivity (Wildman–Crippen MR) is 68.9 cm³/mol. The summed E-state index contributed by atoms with van der Waals surface area (Å²) < 4.78 is 2.08. The topological polar surface area (TPSA) is 54.2 Å². The van der Waals surface area contributed by atoms with Crippen LogP contribution in [0.3, 0.4) is 0 Å². The van der Waals surface area contributed by atoms with Gasteiger partial charge >= 0.3 is 0 Å². The Bertz CT molecular complexity index is 357. The number of hydrogen-bond donors (Lipinski definition) is 2. The van der Waals surface area contributed by atoms with Crippen LogP contribution in [0.25, 0.3) is 0 Å². The lowest BCUT2D eigenvalue weighted by molar-refractivity contribution is 0.623. The van der Waals surface area contributed by atoms with Crippen LogP contribution in [-0.4, -0.2) is 35.1 Å². The Kier molecular flexibility index (Phi) is 4.01. The molecule has 1 aromatic heterocycles. The van der Waals surface area contributed by atoms with Crippen LogP contribution < -0.4 is 10.6 Å². The van der Waals surface area contributed by atoms with Gasteiger partial charge in [-0.2, -0.15) is 0 Å². The zero-order valence-electron chi connectivity index (χ0n) is 10.6. The lowest BCUT2D eigenvalue weighted by Crippen LogP contribution is -2.39. The van der Waals surface area contributed by atoms with Crippen molar-refractivity contribution in [2.24, 2.45) is 10.9 Å². The van der Waals surface area contributed by atoms with E-state index in [9.17, 15) is 0 Å². The number of aliphatic imine (C=N–C) groups is 1. The molecule has 0 saturated heterocycles. The zero-order valence-corrected chi connectivity index (χ0v) is 10.6. The van der Waals surface area contributed by atoms with Gasteiger partial charge in [0.25, 0.3) is 0 Å². The van der Waals surface area contributed by atoms with Crippen molar-refractivity contribution in [2.75, 3.05) is 13.6 Å². The van der Waals surface area contributed by atoms with Gasteiger partial charge < -0.3 is 15.2 Å². The van der Waals surface area contributed by atoms with Crippen molar-refractivity contribution in [3.05, 3.63) is 18.7 Å². The fourth-order valence-electron chi connectivity index (χ4n) is 1.78. The minimum atomic E-state index is 0.620. The lowest BCUT2D eigenvalue weighted by atomic mass is 10.4. The molecule has 17 heavy (non-hydrogen) atoms. The molecule has 2 unspecified atom stereocenters. The van der Waals surface area contributed by atoms with Crippen molar-refractivity contribution in [1.29, 1.82) is 0 Å². The van der Waals surface area contributed by atoms with Gasteiger partial charge in [0.05, 0.1) is 6.33 Å². The molecule has 0 spiro atoms. The van der Waals surface area contributed by atoms with Crippen LogP contribution in [0.5, 0.6) is 0 Å². The number of imidazole rings is 1. The van der Waals surface area contributed by atoms with Gasteiger partial charge in [0.2, 0.25) is 0 Å². The van der Waals surface area contributed by atoms with Crippen molar-refractivity contribution in [1.82, 2.24) is 20.2 Å². The number of rotatable bonds is 5. The van der Waals surface area contributed by atoms with Gasteiger partial charge in [-0.3, -0.25) is 4.99 Å². The van der Waals surface area contributed by atoms with E-state index in [0.717, 1.165) is 31.4 Å². The standard InChI is InChI=1S/C12H21N5/c1-10-8-11(10)16-12(13-2)15-4-3-6-17-7-5-14-9-17/h5,7,9-11H,3-4,6,8H2,1-2H3,(H2,13,15,16). The van der Waals surface area contributed by atoms with Gasteiger partial charge in [0, 0.05) is 38.6 Å². The van der Waals surface area contributed by atoms with E-state index >= 15 is 0 Å². The van der Waals surface area contributed by atoms with E-state index in [0.29, 0.717) is 6.04 Å². The predicted octanol–water partition coefficient (Wildman–Crippen LogP) is 0.847. The maximum atomic E-state index is 4.21. The smallest absolute Gasteiger partial charge is 0.191 e. The summed E-state index contributed by atoms with van der Waals surface area (Å²) >= 11 is 0. The first-order valence-corrected chi connectivity index (χ1v) is 6.22. The van der Waals surface area contributed by atoms with Gasteiger partial charge in [-0.25, -0.2) is 4.98 Å². The summed E-state index contributed by atoms with van der Waals surface area (Å²) in [7, 11) is 1.82. The largest absolute Gasteiger partial charge is 0.356 e. The summed E-state index contributed by atoms with van der Waals surface area (Å²) in [6.07, 6.45) is 7.97. The van der Waals surface area contributed by atoms with Crippen LogP contribution in [0, 0.1) is 5.92 Å². The molecule has 0 bridgehead atoms. The second-order valence-corrected chi connectivity index (χ2v) is 4.62. The van der Waals surface area contributed by atoms with E-state index in [1.807, 2.05) is 25.8 Å². The Morgan fingerprint density at radius 1 is 1.59 bits per heavy atom. The van der Waals surface area contributed by atoms with Crippen LogP contribution >= 0.6 is 0 Å². The quantitative estimate of drug-likeness (QED) is 0.452. The fraction of sp³-hybridized carbons (Fsp3) is 0.667. The van der Waals surface area contributed by atoms with E-state index < -0.39 is 0 Å². The third kappa shape index (κ3) is 3.76. The van der Waals surface area contributed by atoms with E-state index in [1.54, 1.807) is 0 Å². The van der Waals surface area contributed by atoms with Gasteiger partial charge in [0.1, 0.15) is 0 Å². The Hall–Kier alpha value is -1.52. The van der Waals surface area contributed by atoms with Gasteiger partial charge in [0.15, 0.2) is 5.96 Å². The van der Waals surface area contributed by atoms with E-state index in [2.05, 4.69) is 32.1 Å². The zero-order chi connectivity index (χ0) is 12.1. The monoisotopic (exact) mass is 235 g/mol. The highest BCUT2D eigenvalue weighted by Crippen LogP contribution is 2.28. The molecule has 0 amide bonds. The van der Waals surface area contributed by atoms with Crippen molar-refractivity contribution in [3.8, 4) is 0 Å². The van der Waals surface area contributed by atoms with Crippen LogP contribution in [0.15, 0.2) is 23.7 Å². The van der Waals surface area contributed by atoms with Gasteiger partial charge in [-0.1, -0.05) is 6.92 Å². The van der Waals surface area contributed by atoms with Gasteiger partial charge in [-0.05, 0) is 18.8 Å². The molecule has 0 aromatic carbocycles. The number of guanidine groups is 1. The molecule has 1 saturated carbocycles. The first-order valence-electron chi connectivity index (χ1n) is 6.22. The van der Waals surface area contributed by atoms with Crippen molar-refractivity contribution in [2.45, 2.75) is 32.4 Å². The Morgan fingerprint density at radius 3 is 3.00 bits per heavy atom. The highest BCUT2D eigenvalue weighted by Gasteiger charge is 2.32. The molecule has 94 valence electrons. The molecular weight excluding hydrogens is 214 g/mol. The molecule has 5 nitrogen and oxygen atoms in total. The number of aryl methyl sites for hydroxylation is 1. The molecule has 0 aliphatic heterocycles. The summed E-state index contributed by atoms with van der Waals surface area (Å²) in [4.78, 5) is 8.23. The molecular formula is C12H21N5. The number of hydrogen-bond acceptors (Lipinski definition) is 2. The van der Waals surface area contributed by atoms with Crippen molar-refractivity contribution >= 4 is 5.96 Å². The number of nitrogens with one attached hydrogen (secondary N) is 2. The molecule has 1 heterocycles. The average molecular weight is 235 g/mol. The molecule has 0 radical (unpaired) electrons. The first-order chi connectivity index (χ1) is 8.29. The molecule has 2 N–H and O–H groups in total. The molecule has 2 rings (SSSR count). The summed E-state index contributed by atoms with van der Waals surface area (Å²) in [5, 5.41) is 6.73. The molecule has 1 aromatic rings. The first kappa shape index (κ1) is 12.0. The summed E-state index contributed by atoms with van der Waals surface area (Å²) in [5.74, 6) is 1.71. The maximum Gasteiger partial charge on any atom is 0.191 e. The fourth-order valence-corrected chi connectivity index (χ4v) is 1.78. The van der Waals surface area contributed by atoms with E-state index in [1.165, 1.54) is 6.42 Å². The highest BCUT2D eigenvalue weighted by molar-refractivity contribution is 5.80. The molecule has 1 fully saturated rings. The summed E-state index contributed by atoms with van der Waals surface area (Å²) in [6.45, 7) is 4.17. The van der Waals surface area contributed by atoms with E-state index in [4.69, 9.17) is 0 Å². The molecule has 1 aliphatic carbocycles. The lowest BCUT2D eigenvalue weighted by Gasteiger charge is -2.11.